The van der Waals surface area contributed by atoms with Crippen molar-refractivity contribution in [2.75, 3.05) is 56.9 Å². The summed E-state index contributed by atoms with van der Waals surface area (Å²) in [6, 6.07) is 0. The van der Waals surface area contributed by atoms with Gasteiger partial charge in [-0.15, -0.1) is 0 Å². The smallest absolute Gasteiger partial charge is 0.360 e. The van der Waals surface area contributed by atoms with E-state index in [0.29, 0.717) is 0 Å². The fourth-order valence-corrected chi connectivity index (χ4v) is 8.08. The van der Waals surface area contributed by atoms with Crippen molar-refractivity contribution >= 4 is 34.2 Å². The van der Waals surface area contributed by atoms with Crippen molar-refractivity contribution in [1.29, 1.82) is 0 Å². The number of rotatable bonds is 12. The second-order valence-electron chi connectivity index (χ2n) is 6.36. The molecule has 0 aromatic carbocycles. The molecule has 0 aliphatic heterocycles. The predicted octanol–water partition coefficient (Wildman–Crippen LogP) is 2.70. The Morgan fingerprint density at radius 3 is 0.500 bits per heavy atom. The van der Waals surface area contributed by atoms with Gasteiger partial charge in [0.2, 0.25) is 0 Å². The first-order chi connectivity index (χ1) is 12.9. The molecule has 28 heavy (non-hydrogen) atoms. The molecule has 0 heterocycles. The highest BCUT2D eigenvalue weighted by Gasteiger charge is 2.31. The fraction of sp³-hybridized carbons (Fsp3) is 0.750. The van der Waals surface area contributed by atoms with Gasteiger partial charge in [0.05, 0.1) is 0 Å². The van der Waals surface area contributed by atoms with E-state index in [9.17, 15) is 0 Å². The highest BCUT2D eigenvalue weighted by atomic mass is 28.4. The van der Waals surface area contributed by atoms with Gasteiger partial charge in [-0.3, -0.25) is 0 Å². The highest BCUT2D eigenvalue weighted by Crippen LogP contribution is 2.12. The van der Waals surface area contributed by atoms with Crippen LogP contribution in [0.3, 0.4) is 0 Å². The molecule has 12 heteroatoms. The van der Waals surface area contributed by atoms with Gasteiger partial charge in [-0.2, -0.15) is 0 Å². The van der Waals surface area contributed by atoms with Crippen molar-refractivity contribution in [2.24, 2.45) is 0 Å². The minimum absolute atomic E-state index is 1.65. The average molecular weight is 473 g/mol. The molecule has 0 aromatic heterocycles. The first-order valence-corrected chi connectivity index (χ1v) is 18.3. The second-order valence-corrected chi connectivity index (χ2v) is 19.1. The molecule has 0 aromatic rings. The lowest BCUT2D eigenvalue weighted by atomic mass is 11.2. The molecule has 0 radical (unpaired) electrons. The highest BCUT2D eigenvalue weighted by molar-refractivity contribution is 6.77. The zero-order valence-corrected chi connectivity index (χ0v) is 23.6. The van der Waals surface area contributed by atoms with Gasteiger partial charge in [-0.25, -0.2) is 0 Å². The lowest BCUT2D eigenvalue weighted by Gasteiger charge is -2.22. The Kier molecular flexibility index (Phi) is 15.2. The Morgan fingerprint density at radius 1 is 0.321 bits per heavy atom. The average Bonchev–Trinajstić information content (AvgIpc) is 2.75. The summed E-state index contributed by atoms with van der Waals surface area (Å²) >= 11 is 0. The van der Waals surface area contributed by atoms with Gasteiger partial charge in [0, 0.05) is 56.9 Å². The zero-order valence-electron chi connectivity index (χ0n) is 19.6. The summed E-state index contributed by atoms with van der Waals surface area (Å²) in [5.74, 6) is 0. The normalized spacial score (nSPS) is 13.9. The zero-order chi connectivity index (χ0) is 22.5. The lowest BCUT2D eigenvalue weighted by Crippen LogP contribution is -2.38. The molecule has 0 spiro atoms. The van der Waals surface area contributed by atoms with E-state index in [1.807, 2.05) is 49.0 Å². The molecule has 0 amide bonds. The van der Waals surface area contributed by atoms with E-state index >= 15 is 0 Å². The van der Waals surface area contributed by atoms with Crippen LogP contribution in [0.5, 0.6) is 0 Å². The first-order valence-electron chi connectivity index (χ1n) is 8.72. The Morgan fingerprint density at radius 2 is 0.429 bits per heavy atom. The molecule has 0 fully saturated rings. The third-order valence-electron chi connectivity index (χ3n) is 4.62. The Bertz CT molecular complexity index is 378. The van der Waals surface area contributed by atoms with Crippen molar-refractivity contribution < 1.29 is 35.4 Å². The third kappa shape index (κ3) is 11.3. The summed E-state index contributed by atoms with van der Waals surface area (Å²) in [4.78, 5) is 0. The van der Waals surface area contributed by atoms with Crippen LogP contribution in [0.15, 0.2) is 22.8 Å². The maximum Gasteiger partial charge on any atom is 0.360 e. The van der Waals surface area contributed by atoms with Crippen LogP contribution in [-0.4, -0.2) is 91.1 Å². The van der Waals surface area contributed by atoms with E-state index in [-0.39, 0.29) is 0 Å². The Balaban J connectivity index is 0. The quantitative estimate of drug-likeness (QED) is 0.401. The molecule has 0 aliphatic carbocycles. The minimum Gasteiger partial charge on any atom is -0.395 e. The van der Waals surface area contributed by atoms with E-state index in [1.165, 1.54) is 0 Å². The summed E-state index contributed by atoms with van der Waals surface area (Å²) < 4.78 is 42.5. The summed E-state index contributed by atoms with van der Waals surface area (Å²) in [7, 11) is 4.63. The van der Waals surface area contributed by atoms with E-state index in [4.69, 9.17) is 35.4 Å². The van der Waals surface area contributed by atoms with Crippen LogP contribution < -0.4 is 0 Å². The Hall–Kier alpha value is 0.0275. The molecule has 168 valence electrons. The van der Waals surface area contributed by atoms with Crippen LogP contribution in [0, 0.1) is 0 Å². The first kappa shape index (κ1) is 30.2. The van der Waals surface area contributed by atoms with Gasteiger partial charge < -0.3 is 35.4 Å². The van der Waals surface area contributed by atoms with Crippen LogP contribution in [0.4, 0.5) is 0 Å². The van der Waals surface area contributed by atoms with Gasteiger partial charge in [0.15, 0.2) is 0 Å². The van der Waals surface area contributed by atoms with Crippen molar-refractivity contribution in [3.8, 4) is 0 Å². The molecule has 0 saturated heterocycles. The summed E-state index contributed by atoms with van der Waals surface area (Å²) in [6.45, 7) is 7.85. The van der Waals surface area contributed by atoms with E-state index in [0.717, 1.165) is 0 Å². The molecule has 0 unspecified atom stereocenters. The maximum absolute atomic E-state index is 5.31. The van der Waals surface area contributed by atoms with Crippen molar-refractivity contribution in [3.63, 3.8) is 0 Å². The molecule has 8 nitrogen and oxygen atoms in total. The molecule has 0 bridgehead atoms. The van der Waals surface area contributed by atoms with Crippen LogP contribution in [0.25, 0.3) is 0 Å². The maximum atomic E-state index is 5.31. The van der Waals surface area contributed by atoms with Crippen molar-refractivity contribution in [1.82, 2.24) is 0 Å². The largest absolute Gasteiger partial charge is 0.395 e. The molecule has 0 aliphatic rings. The van der Waals surface area contributed by atoms with E-state index in [1.54, 1.807) is 56.9 Å². The van der Waals surface area contributed by atoms with Crippen LogP contribution in [0.1, 0.15) is 0 Å². The molecular formula is C16H40O8Si4. The number of hydrogen-bond donors (Lipinski definition) is 0. The lowest BCUT2D eigenvalue weighted by molar-refractivity contribution is 0.258. The van der Waals surface area contributed by atoms with Gasteiger partial charge in [0.25, 0.3) is 0 Å². The topological polar surface area (TPSA) is 73.8 Å². The third-order valence-corrected chi connectivity index (χ3v) is 14.9. The molecule has 0 N–H and O–H groups in total. The minimum atomic E-state index is -2.15. The number of hydrogen-bond acceptors (Lipinski definition) is 8. The second kappa shape index (κ2) is 14.1. The summed E-state index contributed by atoms with van der Waals surface area (Å²) in [5.41, 5.74) is 7.80. The van der Waals surface area contributed by atoms with E-state index < -0.39 is 34.2 Å². The summed E-state index contributed by atoms with van der Waals surface area (Å²) in [6.07, 6.45) is 0. The van der Waals surface area contributed by atoms with Crippen molar-refractivity contribution in [2.45, 2.75) is 26.2 Å². The molecule has 0 saturated carbocycles. The van der Waals surface area contributed by atoms with Crippen LogP contribution in [0.2, 0.25) is 26.2 Å². The monoisotopic (exact) mass is 472 g/mol. The van der Waals surface area contributed by atoms with Gasteiger partial charge >= 0.3 is 34.2 Å². The molecule has 0 rings (SSSR count). The Labute approximate surface area is 175 Å². The van der Waals surface area contributed by atoms with Gasteiger partial charge in [-0.05, 0) is 49.0 Å². The molecule has 0 atom stereocenters. The summed E-state index contributed by atoms with van der Waals surface area (Å²) in [5, 5.41) is 0. The fourth-order valence-electron chi connectivity index (χ4n) is 1.48. The standard InChI is InChI=1S/2C8H20O4Si2/c2*1-9-13(5,10-2)7-8-14(6,11-3)12-4/h2*7-8H,1-6H3. The van der Waals surface area contributed by atoms with Gasteiger partial charge in [-0.1, -0.05) is 0 Å². The SMILES string of the molecule is CO[Si](C)(C=C[Si](C)(OC)OC)OC.CO[Si](C)(C=C[Si](C)(OC)OC)OC. The van der Waals surface area contributed by atoms with Crippen LogP contribution in [-0.2, 0) is 35.4 Å². The van der Waals surface area contributed by atoms with Crippen molar-refractivity contribution in [3.05, 3.63) is 22.8 Å². The predicted molar refractivity (Wildman–Crippen MR) is 121 cm³/mol. The van der Waals surface area contributed by atoms with Gasteiger partial charge in [0.1, 0.15) is 0 Å². The molecular weight excluding hydrogens is 433 g/mol. The van der Waals surface area contributed by atoms with E-state index in [2.05, 4.69) is 0 Å². The van der Waals surface area contributed by atoms with Crippen LogP contribution >= 0.6 is 0 Å².